The Morgan fingerprint density at radius 2 is 2.18 bits per heavy atom. The number of hydrogen-bond acceptors (Lipinski definition) is 3. The molecule has 0 saturated carbocycles. The van der Waals surface area contributed by atoms with Crippen molar-refractivity contribution in [3.8, 4) is 5.75 Å². The second-order valence-corrected chi connectivity index (χ2v) is 5.29. The van der Waals surface area contributed by atoms with Crippen LogP contribution in [0.5, 0.6) is 5.75 Å². The zero-order chi connectivity index (χ0) is 12.7. The minimum atomic E-state index is 0.272. The third-order valence-corrected chi connectivity index (χ3v) is 2.85. The summed E-state index contributed by atoms with van der Waals surface area (Å²) in [7, 11) is 0. The zero-order valence-corrected chi connectivity index (χ0v) is 12.0. The van der Waals surface area contributed by atoms with Crippen LogP contribution in [0, 0.1) is 5.92 Å². The van der Waals surface area contributed by atoms with Gasteiger partial charge in [-0.05, 0) is 39.5 Å². The summed E-state index contributed by atoms with van der Waals surface area (Å²) in [5.41, 5.74) is 1.14. The number of halogens is 1. The van der Waals surface area contributed by atoms with Crippen molar-refractivity contribution in [1.29, 1.82) is 0 Å². The standard InChI is InChI=1S/C13H20BrNO2/c1-10(2)9-17-6-5-15-8-11-3-4-13(16)12(14)7-11/h3-4,7,10,15-16H,5-6,8-9H2,1-2H3. The van der Waals surface area contributed by atoms with Crippen molar-refractivity contribution in [2.75, 3.05) is 19.8 Å². The third-order valence-electron chi connectivity index (χ3n) is 2.22. The molecule has 96 valence electrons. The maximum absolute atomic E-state index is 9.35. The molecular weight excluding hydrogens is 282 g/mol. The molecule has 1 aromatic rings. The van der Waals surface area contributed by atoms with Crippen molar-refractivity contribution in [2.24, 2.45) is 5.92 Å². The van der Waals surface area contributed by atoms with E-state index in [9.17, 15) is 5.11 Å². The van der Waals surface area contributed by atoms with Crippen LogP contribution in [0.2, 0.25) is 0 Å². The summed E-state index contributed by atoms with van der Waals surface area (Å²) in [6, 6.07) is 5.51. The maximum atomic E-state index is 9.35. The van der Waals surface area contributed by atoms with Gasteiger partial charge in [-0.15, -0.1) is 0 Å². The van der Waals surface area contributed by atoms with E-state index in [2.05, 4.69) is 35.1 Å². The molecule has 0 bridgehead atoms. The number of hydrogen-bond donors (Lipinski definition) is 2. The third kappa shape index (κ3) is 6.05. The quantitative estimate of drug-likeness (QED) is 0.761. The molecule has 0 saturated heterocycles. The molecule has 0 aliphatic rings. The van der Waals surface area contributed by atoms with Crippen LogP contribution in [0.4, 0.5) is 0 Å². The Morgan fingerprint density at radius 3 is 2.82 bits per heavy atom. The molecule has 4 heteroatoms. The van der Waals surface area contributed by atoms with Gasteiger partial charge in [0.25, 0.3) is 0 Å². The molecule has 0 heterocycles. The highest BCUT2D eigenvalue weighted by molar-refractivity contribution is 9.10. The molecule has 0 aliphatic carbocycles. The fraction of sp³-hybridized carbons (Fsp3) is 0.538. The Kier molecular flexibility index (Phi) is 6.55. The molecule has 0 aromatic heterocycles. The van der Waals surface area contributed by atoms with E-state index in [1.165, 1.54) is 0 Å². The van der Waals surface area contributed by atoms with Crippen LogP contribution >= 0.6 is 15.9 Å². The molecular formula is C13H20BrNO2. The van der Waals surface area contributed by atoms with Gasteiger partial charge < -0.3 is 15.2 Å². The van der Waals surface area contributed by atoms with Crippen molar-refractivity contribution in [3.05, 3.63) is 28.2 Å². The zero-order valence-electron chi connectivity index (χ0n) is 10.4. The number of phenolic OH excluding ortho intramolecular Hbond substituents is 1. The van der Waals surface area contributed by atoms with Gasteiger partial charge in [0.1, 0.15) is 5.75 Å². The van der Waals surface area contributed by atoms with Crippen LogP contribution < -0.4 is 5.32 Å². The highest BCUT2D eigenvalue weighted by Gasteiger charge is 1.99. The molecule has 2 N–H and O–H groups in total. The Balaban J connectivity index is 2.16. The highest BCUT2D eigenvalue weighted by Crippen LogP contribution is 2.23. The highest BCUT2D eigenvalue weighted by atomic mass is 79.9. The van der Waals surface area contributed by atoms with E-state index in [1.807, 2.05) is 12.1 Å². The lowest BCUT2D eigenvalue weighted by Gasteiger charge is -2.08. The Morgan fingerprint density at radius 1 is 1.41 bits per heavy atom. The number of ether oxygens (including phenoxy) is 1. The van der Waals surface area contributed by atoms with Gasteiger partial charge >= 0.3 is 0 Å². The normalized spacial score (nSPS) is 11.1. The summed E-state index contributed by atoms with van der Waals surface area (Å²) in [4.78, 5) is 0. The molecule has 0 aliphatic heterocycles. The lowest BCUT2D eigenvalue weighted by molar-refractivity contribution is 0.111. The average molecular weight is 302 g/mol. The van der Waals surface area contributed by atoms with Gasteiger partial charge in [-0.3, -0.25) is 0 Å². The molecule has 0 fully saturated rings. The number of aromatic hydroxyl groups is 1. The van der Waals surface area contributed by atoms with Crippen molar-refractivity contribution in [3.63, 3.8) is 0 Å². The SMILES string of the molecule is CC(C)COCCNCc1ccc(O)c(Br)c1. The van der Waals surface area contributed by atoms with Crippen LogP contribution in [0.15, 0.2) is 22.7 Å². The van der Waals surface area contributed by atoms with Gasteiger partial charge in [-0.1, -0.05) is 19.9 Å². The molecule has 0 amide bonds. The van der Waals surface area contributed by atoms with Gasteiger partial charge in [-0.25, -0.2) is 0 Å². The van der Waals surface area contributed by atoms with Crippen molar-refractivity contribution in [1.82, 2.24) is 5.32 Å². The largest absolute Gasteiger partial charge is 0.507 e. The monoisotopic (exact) mass is 301 g/mol. The van der Waals surface area contributed by atoms with E-state index >= 15 is 0 Å². The minimum Gasteiger partial charge on any atom is -0.507 e. The van der Waals surface area contributed by atoms with Gasteiger partial charge in [0, 0.05) is 19.7 Å². The lowest BCUT2D eigenvalue weighted by atomic mass is 10.2. The van der Waals surface area contributed by atoms with E-state index in [4.69, 9.17) is 4.74 Å². The van der Waals surface area contributed by atoms with Crippen molar-refractivity contribution < 1.29 is 9.84 Å². The Bertz CT molecular complexity index is 342. The summed E-state index contributed by atoms with van der Waals surface area (Å²) in [6.45, 7) is 7.45. The second-order valence-electron chi connectivity index (χ2n) is 4.43. The summed E-state index contributed by atoms with van der Waals surface area (Å²) in [5, 5.41) is 12.6. The van der Waals surface area contributed by atoms with Crippen LogP contribution in [-0.2, 0) is 11.3 Å². The Labute approximate surface area is 111 Å². The number of nitrogens with one attached hydrogen (secondary N) is 1. The van der Waals surface area contributed by atoms with Crippen molar-refractivity contribution >= 4 is 15.9 Å². The smallest absolute Gasteiger partial charge is 0.129 e. The fourth-order valence-corrected chi connectivity index (χ4v) is 1.78. The molecule has 3 nitrogen and oxygen atoms in total. The molecule has 0 spiro atoms. The first-order valence-corrected chi connectivity index (χ1v) is 6.64. The molecule has 17 heavy (non-hydrogen) atoms. The maximum Gasteiger partial charge on any atom is 0.129 e. The number of benzene rings is 1. The first-order chi connectivity index (χ1) is 8.09. The first kappa shape index (κ1) is 14.5. The Hall–Kier alpha value is -0.580. The predicted octanol–water partition coefficient (Wildman–Crippen LogP) is 2.92. The summed E-state index contributed by atoms with van der Waals surface area (Å²) < 4.78 is 6.19. The minimum absolute atomic E-state index is 0.272. The van der Waals surface area contributed by atoms with E-state index in [0.717, 1.165) is 36.3 Å². The fourth-order valence-electron chi connectivity index (χ4n) is 1.36. The van der Waals surface area contributed by atoms with Crippen LogP contribution in [-0.4, -0.2) is 24.9 Å². The van der Waals surface area contributed by atoms with E-state index in [1.54, 1.807) is 6.07 Å². The first-order valence-electron chi connectivity index (χ1n) is 5.85. The van der Waals surface area contributed by atoms with E-state index in [-0.39, 0.29) is 5.75 Å². The topological polar surface area (TPSA) is 41.5 Å². The van der Waals surface area contributed by atoms with Crippen LogP contribution in [0.25, 0.3) is 0 Å². The molecule has 1 aromatic carbocycles. The average Bonchev–Trinajstić information content (AvgIpc) is 2.27. The number of phenols is 1. The second kappa shape index (κ2) is 7.69. The summed E-state index contributed by atoms with van der Waals surface area (Å²) in [5.74, 6) is 0.858. The molecule has 0 radical (unpaired) electrons. The van der Waals surface area contributed by atoms with Crippen LogP contribution in [0.3, 0.4) is 0 Å². The van der Waals surface area contributed by atoms with Crippen LogP contribution in [0.1, 0.15) is 19.4 Å². The van der Waals surface area contributed by atoms with E-state index < -0.39 is 0 Å². The van der Waals surface area contributed by atoms with Gasteiger partial charge in [0.15, 0.2) is 0 Å². The summed E-state index contributed by atoms with van der Waals surface area (Å²) in [6.07, 6.45) is 0. The molecule has 1 rings (SSSR count). The predicted molar refractivity (Wildman–Crippen MR) is 73.2 cm³/mol. The van der Waals surface area contributed by atoms with Crippen molar-refractivity contribution in [2.45, 2.75) is 20.4 Å². The van der Waals surface area contributed by atoms with Gasteiger partial charge in [0.05, 0.1) is 11.1 Å². The molecule has 0 unspecified atom stereocenters. The number of rotatable bonds is 7. The lowest BCUT2D eigenvalue weighted by Crippen LogP contribution is -2.20. The summed E-state index contributed by atoms with van der Waals surface area (Å²) >= 11 is 3.29. The van der Waals surface area contributed by atoms with Gasteiger partial charge in [-0.2, -0.15) is 0 Å². The molecule has 0 atom stereocenters. The van der Waals surface area contributed by atoms with Gasteiger partial charge in [0.2, 0.25) is 0 Å². The van der Waals surface area contributed by atoms with E-state index in [0.29, 0.717) is 5.92 Å².